The van der Waals surface area contributed by atoms with Gasteiger partial charge in [0, 0.05) is 0 Å². The molecule has 1 saturated heterocycles. The molecule has 3 aromatic carbocycles. The predicted molar refractivity (Wildman–Crippen MR) is 131 cm³/mol. The van der Waals surface area contributed by atoms with E-state index in [-0.39, 0.29) is 10.7 Å². The van der Waals surface area contributed by atoms with Crippen LogP contribution in [0.1, 0.15) is 11.1 Å². The Hall–Kier alpha value is -2.98. The van der Waals surface area contributed by atoms with Crippen LogP contribution in [-0.4, -0.2) is 24.0 Å². The zero-order valence-electron chi connectivity index (χ0n) is 16.4. The molecule has 1 heterocycles. The summed E-state index contributed by atoms with van der Waals surface area (Å²) in [6.45, 7) is 0.371. The molecule has 3 aromatic rings. The Morgan fingerprint density at radius 1 is 1.03 bits per heavy atom. The molecule has 8 heteroatoms. The van der Waals surface area contributed by atoms with E-state index in [4.69, 9.17) is 21.7 Å². The van der Waals surface area contributed by atoms with Crippen LogP contribution in [0.15, 0.2) is 60.2 Å². The molecule has 1 fully saturated rings. The highest BCUT2D eigenvalue weighted by Crippen LogP contribution is 2.35. The average Bonchev–Trinajstić information content (AvgIpc) is 2.75. The number of amides is 2. The van der Waals surface area contributed by atoms with Crippen LogP contribution in [0.25, 0.3) is 16.8 Å². The molecule has 0 aromatic heterocycles. The number of carbonyl (C=O) groups excluding carboxylic acids is 2. The second-order valence-corrected chi connectivity index (χ2v) is 8.33. The monoisotopic (exact) mass is 544 g/mol. The lowest BCUT2D eigenvalue weighted by Gasteiger charge is -2.17. The van der Waals surface area contributed by atoms with E-state index in [0.29, 0.717) is 23.7 Å². The molecule has 4 rings (SSSR count). The second kappa shape index (κ2) is 9.03. The largest absolute Gasteiger partial charge is 0.493 e. The molecule has 1 aliphatic rings. The van der Waals surface area contributed by atoms with Gasteiger partial charge in [-0.25, -0.2) is 0 Å². The Bertz CT molecular complexity index is 1230. The Morgan fingerprint density at radius 3 is 2.48 bits per heavy atom. The van der Waals surface area contributed by atoms with Crippen LogP contribution in [0.3, 0.4) is 0 Å². The maximum atomic E-state index is 12.1. The molecule has 0 bridgehead atoms. The summed E-state index contributed by atoms with van der Waals surface area (Å²) >= 11 is 6.97. The quantitative estimate of drug-likeness (QED) is 0.220. The minimum Gasteiger partial charge on any atom is -0.493 e. The molecule has 156 valence electrons. The predicted octanol–water partition coefficient (Wildman–Crippen LogP) is 3.95. The lowest BCUT2D eigenvalue weighted by Crippen LogP contribution is -2.51. The number of thiocarbonyl (C=S) groups is 1. The molecule has 0 radical (unpaired) electrons. The highest BCUT2D eigenvalue weighted by atomic mass is 127. The first-order chi connectivity index (χ1) is 15.0. The van der Waals surface area contributed by atoms with Gasteiger partial charge in [-0.3, -0.25) is 20.2 Å². The summed E-state index contributed by atoms with van der Waals surface area (Å²) in [7, 11) is 1.55. The molecule has 0 saturated carbocycles. The fraction of sp³-hybridized carbons (Fsp3) is 0.0870. The SMILES string of the molecule is COc1cc(C=C2C(=O)NC(=S)NC2=O)cc(I)c1OCc1cccc2ccccc12. The molecule has 2 amide bonds. The smallest absolute Gasteiger partial charge is 0.263 e. The van der Waals surface area contributed by atoms with Crippen LogP contribution in [0.4, 0.5) is 0 Å². The first kappa shape index (κ1) is 21.3. The molecule has 1 aliphatic heterocycles. The first-order valence-electron chi connectivity index (χ1n) is 9.31. The van der Waals surface area contributed by atoms with Gasteiger partial charge in [0.25, 0.3) is 11.8 Å². The topological polar surface area (TPSA) is 76.7 Å². The van der Waals surface area contributed by atoms with E-state index < -0.39 is 11.8 Å². The Labute approximate surface area is 197 Å². The standard InChI is InChI=1S/C23H17IN2O4S/c1-29-19-11-13(9-17-21(27)25-23(31)26-22(17)28)10-18(24)20(19)30-12-15-7-4-6-14-5-2-3-8-16(14)15/h2-11H,12H2,1H3,(H2,25,26,27,28,31). The van der Waals surface area contributed by atoms with E-state index in [1.807, 2.05) is 30.3 Å². The number of carbonyl (C=O) groups is 2. The van der Waals surface area contributed by atoms with Gasteiger partial charge in [-0.05, 0) is 74.9 Å². The third-order valence-electron chi connectivity index (χ3n) is 4.76. The van der Waals surface area contributed by atoms with Gasteiger partial charge in [-0.1, -0.05) is 42.5 Å². The van der Waals surface area contributed by atoms with Crippen LogP contribution < -0.4 is 20.1 Å². The summed E-state index contributed by atoms with van der Waals surface area (Å²) in [6.07, 6.45) is 1.49. The number of halogens is 1. The molecule has 6 nitrogen and oxygen atoms in total. The van der Waals surface area contributed by atoms with Gasteiger partial charge in [-0.15, -0.1) is 0 Å². The molecular weight excluding hydrogens is 527 g/mol. The average molecular weight is 544 g/mol. The number of hydrogen-bond acceptors (Lipinski definition) is 5. The van der Waals surface area contributed by atoms with Gasteiger partial charge in [0.15, 0.2) is 16.6 Å². The summed E-state index contributed by atoms with van der Waals surface area (Å²) in [6, 6.07) is 17.8. The fourth-order valence-electron chi connectivity index (χ4n) is 3.30. The molecule has 0 aliphatic carbocycles. The number of benzene rings is 3. The van der Waals surface area contributed by atoms with Crippen molar-refractivity contribution < 1.29 is 19.1 Å². The minimum absolute atomic E-state index is 0.00325. The highest BCUT2D eigenvalue weighted by molar-refractivity contribution is 14.1. The van der Waals surface area contributed by atoms with Crippen LogP contribution in [0.2, 0.25) is 0 Å². The summed E-state index contributed by atoms with van der Waals surface area (Å²) in [5.41, 5.74) is 1.66. The van der Waals surface area contributed by atoms with Crippen molar-refractivity contribution in [3.8, 4) is 11.5 Å². The molecule has 0 unspecified atom stereocenters. The highest BCUT2D eigenvalue weighted by Gasteiger charge is 2.26. The van der Waals surface area contributed by atoms with E-state index >= 15 is 0 Å². The van der Waals surface area contributed by atoms with E-state index in [2.05, 4.69) is 51.4 Å². The van der Waals surface area contributed by atoms with Crippen LogP contribution in [0.5, 0.6) is 11.5 Å². The number of fused-ring (bicyclic) bond motifs is 1. The van der Waals surface area contributed by atoms with E-state index in [1.54, 1.807) is 13.2 Å². The van der Waals surface area contributed by atoms with Gasteiger partial charge in [0.05, 0.1) is 10.7 Å². The van der Waals surface area contributed by atoms with E-state index in [1.165, 1.54) is 6.08 Å². The maximum Gasteiger partial charge on any atom is 0.263 e. The minimum atomic E-state index is -0.543. The van der Waals surface area contributed by atoms with Gasteiger partial charge in [0.1, 0.15) is 12.2 Å². The molecule has 31 heavy (non-hydrogen) atoms. The van der Waals surface area contributed by atoms with E-state index in [0.717, 1.165) is 19.9 Å². The molecular formula is C23H17IN2O4S. The lowest BCUT2D eigenvalue weighted by molar-refractivity contribution is -0.123. The van der Waals surface area contributed by atoms with Crippen molar-refractivity contribution in [2.45, 2.75) is 6.61 Å². The van der Waals surface area contributed by atoms with Crippen LogP contribution in [0, 0.1) is 3.57 Å². The third kappa shape index (κ3) is 4.54. The molecule has 2 N–H and O–H groups in total. The van der Waals surface area contributed by atoms with Gasteiger partial charge in [-0.2, -0.15) is 0 Å². The number of hydrogen-bond donors (Lipinski definition) is 2. The normalized spacial score (nSPS) is 13.6. The van der Waals surface area contributed by atoms with Crippen LogP contribution >= 0.6 is 34.8 Å². The number of nitrogens with one attached hydrogen (secondary N) is 2. The zero-order valence-corrected chi connectivity index (χ0v) is 19.4. The lowest BCUT2D eigenvalue weighted by atomic mass is 10.1. The van der Waals surface area contributed by atoms with Gasteiger partial charge < -0.3 is 9.47 Å². The summed E-state index contributed by atoms with van der Waals surface area (Å²) in [5.74, 6) is 0.0149. The fourth-order valence-corrected chi connectivity index (χ4v) is 4.27. The number of methoxy groups -OCH3 is 1. The summed E-state index contributed by atoms with van der Waals surface area (Å²) in [5, 5.41) is 7.12. The van der Waals surface area contributed by atoms with E-state index in [9.17, 15) is 9.59 Å². The van der Waals surface area contributed by atoms with Crippen molar-refractivity contribution in [3.05, 3.63) is 74.9 Å². The first-order valence-corrected chi connectivity index (χ1v) is 10.8. The summed E-state index contributed by atoms with van der Waals surface area (Å²) < 4.78 is 12.4. The van der Waals surface area contributed by atoms with Gasteiger partial charge in [0.2, 0.25) is 0 Å². The van der Waals surface area contributed by atoms with Crippen molar-refractivity contribution in [1.82, 2.24) is 10.6 Å². The zero-order chi connectivity index (χ0) is 22.0. The van der Waals surface area contributed by atoms with Crippen molar-refractivity contribution in [2.75, 3.05) is 7.11 Å². The Kier molecular flexibility index (Phi) is 6.19. The summed E-state index contributed by atoms with van der Waals surface area (Å²) in [4.78, 5) is 24.2. The third-order valence-corrected chi connectivity index (χ3v) is 5.76. The number of ether oxygens (including phenoxy) is 2. The van der Waals surface area contributed by atoms with Crippen molar-refractivity contribution in [1.29, 1.82) is 0 Å². The Morgan fingerprint density at radius 2 is 1.74 bits per heavy atom. The van der Waals surface area contributed by atoms with Crippen LogP contribution in [-0.2, 0) is 16.2 Å². The van der Waals surface area contributed by atoms with Crippen molar-refractivity contribution in [2.24, 2.45) is 0 Å². The number of rotatable bonds is 5. The van der Waals surface area contributed by atoms with Crippen molar-refractivity contribution in [3.63, 3.8) is 0 Å². The van der Waals surface area contributed by atoms with Gasteiger partial charge >= 0.3 is 0 Å². The molecule has 0 atom stereocenters. The molecule has 0 spiro atoms. The van der Waals surface area contributed by atoms with Crippen molar-refractivity contribution >= 4 is 68.6 Å². The maximum absolute atomic E-state index is 12.1. The second-order valence-electron chi connectivity index (χ2n) is 6.76. The Balaban J connectivity index is 1.62.